The van der Waals surface area contributed by atoms with Crippen LogP contribution in [0.3, 0.4) is 0 Å². The largest absolute Gasteiger partial charge is 0.477 e. The molecule has 2 aliphatic rings. The molecule has 0 spiro atoms. The fraction of sp³-hybridized carbons (Fsp3) is 0.450. The lowest BCUT2D eigenvalue weighted by molar-refractivity contribution is -0.150. The number of carbonyl (C=O) groups excluding carboxylic acids is 4. The molecule has 4 N–H and O–H groups in total. The number of hydrogen-bond donors (Lipinski definition) is 3. The number of aliphatic carboxylic acids is 1. The third-order valence-corrected chi connectivity index (χ3v) is 6.86. The monoisotopic (exact) mass is 541 g/mol. The molecule has 2 aliphatic heterocycles. The Morgan fingerprint density at radius 1 is 1.33 bits per heavy atom. The number of ketones is 1. The predicted molar refractivity (Wildman–Crippen MR) is 127 cm³/mol. The summed E-state index contributed by atoms with van der Waals surface area (Å²) in [6.45, 7) is 1.13. The Bertz CT molecular complexity index is 1130. The van der Waals surface area contributed by atoms with Crippen molar-refractivity contribution < 1.29 is 43.4 Å². The van der Waals surface area contributed by atoms with Gasteiger partial charge in [-0.1, -0.05) is 5.16 Å². The fourth-order valence-corrected chi connectivity index (χ4v) is 5.13. The summed E-state index contributed by atoms with van der Waals surface area (Å²) in [7, 11) is 1.47. The molecule has 0 aromatic carbocycles. The van der Waals surface area contributed by atoms with Gasteiger partial charge in [0.2, 0.25) is 0 Å². The van der Waals surface area contributed by atoms with Crippen molar-refractivity contribution in [3.63, 3.8) is 0 Å². The predicted octanol–water partition coefficient (Wildman–Crippen LogP) is -0.647. The number of nitrogens with one attached hydrogen (secondary N) is 1. The van der Waals surface area contributed by atoms with Gasteiger partial charge >= 0.3 is 11.9 Å². The highest BCUT2D eigenvalue weighted by atomic mass is 32.2. The molecule has 0 bridgehead atoms. The number of Topliss-reactive ketones (excluding diaryl/α,β-unsaturated/α-hetero) is 1. The molecule has 0 radical (unpaired) electrons. The first-order valence-electron chi connectivity index (χ1n) is 10.4. The van der Waals surface area contributed by atoms with E-state index >= 15 is 0 Å². The summed E-state index contributed by atoms with van der Waals surface area (Å²) < 4.78 is 9.85. The summed E-state index contributed by atoms with van der Waals surface area (Å²) in [6.07, 6.45) is -0.439. The van der Waals surface area contributed by atoms with Crippen molar-refractivity contribution in [2.45, 2.75) is 24.8 Å². The number of nitrogens with two attached hydrogens (primary N) is 1. The maximum absolute atomic E-state index is 13.0. The number of esters is 1. The van der Waals surface area contributed by atoms with Crippen LogP contribution in [-0.2, 0) is 38.3 Å². The van der Waals surface area contributed by atoms with Crippen molar-refractivity contribution in [2.24, 2.45) is 5.16 Å². The minimum absolute atomic E-state index is 0.0635. The summed E-state index contributed by atoms with van der Waals surface area (Å²) in [6, 6.07) is -1.04. The molecule has 2 atom stereocenters. The van der Waals surface area contributed by atoms with Gasteiger partial charge in [0.25, 0.3) is 11.8 Å². The number of amides is 2. The standard InChI is InChI=1S/C20H23N5O9S2/c1-9(26)5-12(27)33-6-10-7-35-18-14(17(29)25(18)15(10)19(30)31)23-16(28)13(24-34-4-3-32-2)11-8-36-20(21)22-11/h8,14,18H,3-7H2,1-2H3,(H2,21,22)(H,23,28)(H,30,31)/b24-13-/t14-,18-/m1/s1. The summed E-state index contributed by atoms with van der Waals surface area (Å²) in [5, 5.41) is 17.1. The summed E-state index contributed by atoms with van der Waals surface area (Å²) in [4.78, 5) is 70.6. The average Bonchev–Trinajstić information content (AvgIpc) is 3.25. The number of ether oxygens (including phenoxy) is 2. The molecular formula is C20H23N5O9S2. The van der Waals surface area contributed by atoms with Gasteiger partial charge < -0.3 is 30.5 Å². The Balaban J connectivity index is 1.73. The van der Waals surface area contributed by atoms with Crippen molar-refractivity contribution in [3.05, 3.63) is 22.3 Å². The van der Waals surface area contributed by atoms with E-state index in [1.807, 2.05) is 0 Å². The van der Waals surface area contributed by atoms with Gasteiger partial charge in [-0.15, -0.1) is 23.1 Å². The zero-order chi connectivity index (χ0) is 26.4. The maximum atomic E-state index is 13.0. The van der Waals surface area contributed by atoms with E-state index in [0.717, 1.165) is 16.2 Å². The minimum atomic E-state index is -1.39. The van der Waals surface area contributed by atoms with Crippen LogP contribution >= 0.6 is 23.1 Å². The normalized spacial score (nSPS) is 19.3. The highest BCUT2D eigenvalue weighted by molar-refractivity contribution is 8.00. The van der Waals surface area contributed by atoms with Gasteiger partial charge in [0.05, 0.1) is 6.61 Å². The van der Waals surface area contributed by atoms with Crippen molar-refractivity contribution >= 4 is 63.5 Å². The van der Waals surface area contributed by atoms with E-state index < -0.39 is 47.4 Å². The minimum Gasteiger partial charge on any atom is -0.477 e. The Hall–Kier alpha value is -3.50. The molecule has 1 aromatic heterocycles. The first-order valence-corrected chi connectivity index (χ1v) is 12.3. The lowest BCUT2D eigenvalue weighted by atomic mass is 10.0. The van der Waals surface area contributed by atoms with Crippen molar-refractivity contribution in [3.8, 4) is 0 Å². The second kappa shape index (κ2) is 12.0. The average molecular weight is 542 g/mol. The van der Waals surface area contributed by atoms with Crippen LogP contribution in [-0.4, -0.2) is 94.3 Å². The molecular weight excluding hydrogens is 518 g/mol. The molecule has 3 heterocycles. The number of thioether (sulfide) groups is 1. The number of fused-ring (bicyclic) bond motifs is 1. The van der Waals surface area contributed by atoms with Crippen LogP contribution in [0.2, 0.25) is 0 Å². The number of anilines is 1. The van der Waals surface area contributed by atoms with Gasteiger partial charge in [0.15, 0.2) is 10.8 Å². The lowest BCUT2D eigenvalue weighted by Gasteiger charge is -2.49. The first kappa shape index (κ1) is 27.1. The van der Waals surface area contributed by atoms with Crippen LogP contribution in [0.15, 0.2) is 21.8 Å². The molecule has 36 heavy (non-hydrogen) atoms. The van der Waals surface area contributed by atoms with Crippen LogP contribution in [0.5, 0.6) is 0 Å². The Morgan fingerprint density at radius 3 is 2.69 bits per heavy atom. The van der Waals surface area contributed by atoms with Gasteiger partial charge in [0.1, 0.15) is 48.2 Å². The molecule has 194 valence electrons. The van der Waals surface area contributed by atoms with Crippen molar-refractivity contribution in [1.82, 2.24) is 15.2 Å². The van der Waals surface area contributed by atoms with Crippen molar-refractivity contribution in [2.75, 3.05) is 38.4 Å². The topological polar surface area (TPSA) is 200 Å². The third-order valence-electron chi connectivity index (χ3n) is 4.85. The van der Waals surface area contributed by atoms with Crippen molar-refractivity contribution in [1.29, 1.82) is 0 Å². The Kier molecular flexibility index (Phi) is 9.00. The zero-order valence-corrected chi connectivity index (χ0v) is 20.8. The summed E-state index contributed by atoms with van der Waals surface area (Å²) in [5.74, 6) is -3.88. The number of rotatable bonds is 12. The number of carbonyl (C=O) groups is 5. The van der Waals surface area contributed by atoms with Crippen LogP contribution < -0.4 is 11.1 Å². The number of aromatic nitrogens is 1. The van der Waals surface area contributed by atoms with E-state index in [0.29, 0.717) is 0 Å². The molecule has 0 aliphatic carbocycles. The van der Waals surface area contributed by atoms with Crippen LogP contribution in [0.4, 0.5) is 5.13 Å². The third kappa shape index (κ3) is 6.19. The second-order valence-corrected chi connectivity index (χ2v) is 9.49. The molecule has 3 rings (SSSR count). The van der Waals surface area contributed by atoms with Gasteiger partial charge in [-0.2, -0.15) is 0 Å². The number of carboxylic acid groups (broad SMARTS) is 1. The van der Waals surface area contributed by atoms with Crippen LogP contribution in [0.25, 0.3) is 0 Å². The molecule has 1 fully saturated rings. The van der Waals surface area contributed by atoms with Gasteiger partial charge in [0, 0.05) is 23.8 Å². The van der Waals surface area contributed by atoms with E-state index in [1.54, 1.807) is 0 Å². The second-order valence-electron chi connectivity index (χ2n) is 7.49. The first-order chi connectivity index (χ1) is 17.1. The zero-order valence-electron chi connectivity index (χ0n) is 19.2. The summed E-state index contributed by atoms with van der Waals surface area (Å²) in [5.41, 5.74) is 5.46. The van der Waals surface area contributed by atoms with Crippen LogP contribution in [0.1, 0.15) is 19.0 Å². The summed E-state index contributed by atoms with van der Waals surface area (Å²) >= 11 is 2.27. The fourth-order valence-electron chi connectivity index (χ4n) is 3.26. The Labute approximate surface area is 212 Å². The molecule has 2 amide bonds. The van der Waals surface area contributed by atoms with E-state index in [4.69, 9.17) is 20.0 Å². The van der Waals surface area contributed by atoms with E-state index in [2.05, 4.69) is 15.5 Å². The number of β-lactam (4-membered cyclic amide) rings is 1. The number of oxime groups is 1. The molecule has 0 unspecified atom stereocenters. The number of hydrogen-bond acceptors (Lipinski definition) is 13. The maximum Gasteiger partial charge on any atom is 0.352 e. The highest BCUT2D eigenvalue weighted by Gasteiger charge is 2.54. The SMILES string of the molecule is COCCO/N=C(\C(=O)N[C@@H]1C(=O)N2C(C(=O)O)=C(COC(=O)CC(C)=O)CS[C@H]12)c1csc(N)n1. The smallest absolute Gasteiger partial charge is 0.352 e. The number of nitrogen functional groups attached to an aromatic ring is 1. The number of methoxy groups -OCH3 is 1. The van der Waals surface area contributed by atoms with E-state index in [-0.39, 0.29) is 53.4 Å². The van der Waals surface area contributed by atoms with Gasteiger partial charge in [-0.3, -0.25) is 24.1 Å². The van der Waals surface area contributed by atoms with Gasteiger partial charge in [-0.25, -0.2) is 9.78 Å². The Morgan fingerprint density at radius 2 is 2.08 bits per heavy atom. The van der Waals surface area contributed by atoms with Crippen LogP contribution in [0, 0.1) is 0 Å². The number of thiazole rings is 1. The molecule has 14 nitrogen and oxygen atoms in total. The number of carboxylic acids is 1. The lowest BCUT2D eigenvalue weighted by Crippen LogP contribution is -2.71. The molecule has 1 aromatic rings. The van der Waals surface area contributed by atoms with E-state index in [1.165, 1.54) is 31.2 Å². The van der Waals surface area contributed by atoms with Gasteiger partial charge in [-0.05, 0) is 6.92 Å². The molecule has 0 saturated carbocycles. The highest BCUT2D eigenvalue weighted by Crippen LogP contribution is 2.40. The molecule has 16 heteroatoms. The number of nitrogens with zero attached hydrogens (tertiary/aromatic N) is 3. The molecule has 1 saturated heterocycles. The van der Waals surface area contributed by atoms with E-state index in [9.17, 15) is 29.1 Å². The quantitative estimate of drug-likeness (QED) is 0.0755.